The third kappa shape index (κ3) is 2.01. The number of nitrogens with zero attached hydrogens (tertiary/aromatic N) is 1. The Balaban J connectivity index is 2.12. The summed E-state index contributed by atoms with van der Waals surface area (Å²) in [6.45, 7) is 7.00. The van der Waals surface area contributed by atoms with Gasteiger partial charge >= 0.3 is 0 Å². The third-order valence-corrected chi connectivity index (χ3v) is 4.65. The minimum Gasteiger partial charge on any atom is -0.327 e. The molecule has 1 nitrogen and oxygen atoms in total. The van der Waals surface area contributed by atoms with Gasteiger partial charge in [0.05, 0.1) is 0 Å². The van der Waals surface area contributed by atoms with Crippen LogP contribution in [0.5, 0.6) is 0 Å². The average molecular weight is 274 g/mol. The first-order valence-corrected chi connectivity index (χ1v) is 7.35. The molecule has 2 aliphatic rings. The fourth-order valence-corrected chi connectivity index (χ4v) is 3.80. The maximum Gasteiger partial charge on any atom is 0.127 e. The first-order chi connectivity index (χ1) is 9.00. The molecule has 0 amide bonds. The van der Waals surface area contributed by atoms with E-state index >= 15 is 0 Å². The molecular formula is C17H20ClN. The molecule has 2 atom stereocenters. The van der Waals surface area contributed by atoms with Gasteiger partial charge in [-0.05, 0) is 47.1 Å². The monoisotopic (exact) mass is 273 g/mol. The summed E-state index contributed by atoms with van der Waals surface area (Å²) in [5.41, 5.74) is 4.38. The first kappa shape index (κ1) is 12.8. The predicted molar refractivity (Wildman–Crippen MR) is 82.9 cm³/mol. The normalized spacial score (nSPS) is 27.7. The van der Waals surface area contributed by atoms with Crippen LogP contribution in [0.25, 0.3) is 0 Å². The Morgan fingerprint density at radius 3 is 2.79 bits per heavy atom. The van der Waals surface area contributed by atoms with Crippen molar-refractivity contribution in [1.29, 1.82) is 0 Å². The second-order valence-corrected chi connectivity index (χ2v) is 6.68. The predicted octanol–water partition coefficient (Wildman–Crippen LogP) is 4.93. The van der Waals surface area contributed by atoms with Crippen LogP contribution in [0, 0.1) is 0 Å². The number of alkyl halides is 1. The molecule has 0 spiro atoms. The third-order valence-electron chi connectivity index (χ3n) is 4.29. The minimum atomic E-state index is -0.0904. The van der Waals surface area contributed by atoms with Gasteiger partial charge in [-0.2, -0.15) is 0 Å². The van der Waals surface area contributed by atoms with E-state index in [1.165, 1.54) is 23.2 Å². The molecule has 3 rings (SSSR count). The van der Waals surface area contributed by atoms with Crippen molar-refractivity contribution >= 4 is 17.3 Å². The van der Waals surface area contributed by atoms with Gasteiger partial charge in [-0.25, -0.2) is 0 Å². The van der Waals surface area contributed by atoms with Crippen LogP contribution in [0.1, 0.15) is 44.2 Å². The number of fused-ring (bicyclic) bond motifs is 1. The molecule has 100 valence electrons. The summed E-state index contributed by atoms with van der Waals surface area (Å²) in [5, 5.41) is 0. The highest BCUT2D eigenvalue weighted by molar-refractivity contribution is 6.23. The highest BCUT2D eigenvalue weighted by Crippen LogP contribution is 2.49. The molecule has 0 bridgehead atoms. The van der Waals surface area contributed by atoms with Crippen molar-refractivity contribution in [3.63, 3.8) is 0 Å². The van der Waals surface area contributed by atoms with Gasteiger partial charge in [-0.15, -0.1) is 0 Å². The lowest BCUT2D eigenvalue weighted by Crippen LogP contribution is -2.26. The molecule has 0 fully saturated rings. The van der Waals surface area contributed by atoms with E-state index in [2.05, 4.69) is 50.1 Å². The SMILES string of the molecule is CC1CC(C)(C)c2cccc(N3C=CC=CC3Cl)c21. The van der Waals surface area contributed by atoms with Gasteiger partial charge in [0, 0.05) is 11.9 Å². The highest BCUT2D eigenvalue weighted by atomic mass is 35.5. The number of halogens is 1. The Kier molecular flexibility index (Phi) is 2.98. The van der Waals surface area contributed by atoms with Gasteiger partial charge in [0.25, 0.3) is 0 Å². The molecule has 19 heavy (non-hydrogen) atoms. The molecule has 2 unspecified atom stereocenters. The van der Waals surface area contributed by atoms with Gasteiger partial charge in [-0.1, -0.05) is 50.6 Å². The Hall–Kier alpha value is -1.21. The van der Waals surface area contributed by atoms with Crippen molar-refractivity contribution in [2.24, 2.45) is 0 Å². The van der Waals surface area contributed by atoms with Crippen molar-refractivity contribution in [2.75, 3.05) is 4.90 Å². The Bertz CT molecular complexity index is 556. The van der Waals surface area contributed by atoms with E-state index in [0.29, 0.717) is 5.92 Å². The van der Waals surface area contributed by atoms with Crippen molar-refractivity contribution < 1.29 is 0 Å². The molecule has 1 aromatic rings. The van der Waals surface area contributed by atoms with Gasteiger partial charge in [0.1, 0.15) is 5.50 Å². The van der Waals surface area contributed by atoms with Crippen molar-refractivity contribution in [3.8, 4) is 0 Å². The number of hydrogen-bond acceptors (Lipinski definition) is 1. The zero-order chi connectivity index (χ0) is 13.6. The Labute approximate surface area is 120 Å². The van der Waals surface area contributed by atoms with Gasteiger partial charge in [0.2, 0.25) is 0 Å². The number of hydrogen-bond donors (Lipinski definition) is 0. The molecule has 0 radical (unpaired) electrons. The maximum absolute atomic E-state index is 6.43. The summed E-state index contributed by atoms with van der Waals surface area (Å²) < 4.78 is 0. The van der Waals surface area contributed by atoms with Gasteiger partial charge < -0.3 is 4.90 Å². The van der Waals surface area contributed by atoms with Crippen LogP contribution in [0.3, 0.4) is 0 Å². The maximum atomic E-state index is 6.43. The minimum absolute atomic E-state index is 0.0904. The largest absolute Gasteiger partial charge is 0.327 e. The topological polar surface area (TPSA) is 3.24 Å². The second-order valence-electron chi connectivity index (χ2n) is 6.23. The van der Waals surface area contributed by atoms with Crippen LogP contribution in [-0.4, -0.2) is 5.50 Å². The molecule has 0 saturated carbocycles. The van der Waals surface area contributed by atoms with Crippen molar-refractivity contribution in [2.45, 2.75) is 44.0 Å². The molecule has 1 aromatic carbocycles. The van der Waals surface area contributed by atoms with E-state index in [1.807, 2.05) is 18.2 Å². The summed E-state index contributed by atoms with van der Waals surface area (Å²) in [5.74, 6) is 0.587. The van der Waals surface area contributed by atoms with E-state index in [4.69, 9.17) is 11.6 Å². The van der Waals surface area contributed by atoms with Crippen LogP contribution < -0.4 is 4.90 Å². The Morgan fingerprint density at radius 2 is 2.05 bits per heavy atom. The van der Waals surface area contributed by atoms with Crippen LogP contribution in [-0.2, 0) is 5.41 Å². The standard InChI is InChI=1S/C17H20ClN/c1-12-11-17(2,3)13-7-6-8-14(16(12)13)19-10-5-4-9-15(19)18/h4-10,12,15H,11H2,1-3H3. The van der Waals surface area contributed by atoms with Crippen LogP contribution in [0.4, 0.5) is 5.69 Å². The molecule has 0 saturated heterocycles. The summed E-state index contributed by atoms with van der Waals surface area (Å²) in [6, 6.07) is 6.62. The Morgan fingerprint density at radius 1 is 1.26 bits per heavy atom. The highest BCUT2D eigenvalue weighted by Gasteiger charge is 2.37. The van der Waals surface area contributed by atoms with E-state index in [0.717, 1.165) is 0 Å². The average Bonchev–Trinajstić information content (AvgIpc) is 2.61. The van der Waals surface area contributed by atoms with E-state index in [1.54, 1.807) is 0 Å². The molecule has 2 heteroatoms. The lowest BCUT2D eigenvalue weighted by molar-refractivity contribution is 0.489. The number of rotatable bonds is 1. The summed E-state index contributed by atoms with van der Waals surface area (Å²) in [7, 11) is 0. The van der Waals surface area contributed by atoms with Crippen LogP contribution in [0.2, 0.25) is 0 Å². The molecule has 1 heterocycles. The van der Waals surface area contributed by atoms with Crippen LogP contribution in [0.15, 0.2) is 42.6 Å². The zero-order valence-electron chi connectivity index (χ0n) is 11.7. The fourth-order valence-electron chi connectivity index (χ4n) is 3.55. The van der Waals surface area contributed by atoms with Gasteiger partial charge in [0.15, 0.2) is 0 Å². The number of allylic oxidation sites excluding steroid dienone is 2. The zero-order valence-corrected chi connectivity index (χ0v) is 12.5. The first-order valence-electron chi connectivity index (χ1n) is 6.91. The molecular weight excluding hydrogens is 254 g/mol. The van der Waals surface area contributed by atoms with E-state index < -0.39 is 0 Å². The fraction of sp³-hybridized carbons (Fsp3) is 0.412. The molecule has 1 aliphatic heterocycles. The van der Waals surface area contributed by atoms with Crippen LogP contribution >= 0.6 is 11.6 Å². The lowest BCUT2D eigenvalue weighted by atomic mass is 9.86. The molecule has 1 aliphatic carbocycles. The summed E-state index contributed by atoms with van der Waals surface area (Å²) in [4.78, 5) is 2.16. The van der Waals surface area contributed by atoms with Crippen molar-refractivity contribution in [3.05, 3.63) is 53.8 Å². The number of anilines is 1. The second kappa shape index (κ2) is 4.42. The van der Waals surface area contributed by atoms with E-state index in [-0.39, 0.29) is 10.9 Å². The quantitative estimate of drug-likeness (QED) is 0.518. The summed E-state index contributed by atoms with van der Waals surface area (Å²) in [6.07, 6.45) is 9.35. The van der Waals surface area contributed by atoms with Crippen molar-refractivity contribution in [1.82, 2.24) is 0 Å². The lowest BCUT2D eigenvalue weighted by Gasteiger charge is -2.29. The van der Waals surface area contributed by atoms with Gasteiger partial charge in [-0.3, -0.25) is 0 Å². The molecule has 0 aromatic heterocycles. The number of benzene rings is 1. The summed E-state index contributed by atoms with van der Waals surface area (Å²) >= 11 is 6.43. The molecule has 0 N–H and O–H groups in total. The van der Waals surface area contributed by atoms with E-state index in [9.17, 15) is 0 Å². The smallest absolute Gasteiger partial charge is 0.127 e.